The molecule has 2 rings (SSSR count). The highest BCUT2D eigenvalue weighted by molar-refractivity contribution is 5.92. The number of carbonyl (C=O) groups is 1. The first-order valence-electron chi connectivity index (χ1n) is 7.87. The highest BCUT2D eigenvalue weighted by Gasteiger charge is 2.26. The molecule has 1 aromatic heterocycles. The number of nitrogens with two attached hydrogens (primary N) is 1. The van der Waals surface area contributed by atoms with Gasteiger partial charge < -0.3 is 10.6 Å². The zero-order valence-electron chi connectivity index (χ0n) is 13.4. The fourth-order valence-corrected chi connectivity index (χ4v) is 2.93. The summed E-state index contributed by atoms with van der Waals surface area (Å²) in [7, 11) is 1.84. The molecule has 0 bridgehead atoms. The summed E-state index contributed by atoms with van der Waals surface area (Å²) in [6, 6.07) is 2.34. The van der Waals surface area contributed by atoms with Crippen LogP contribution >= 0.6 is 0 Å². The largest absolute Gasteiger partial charge is 0.335 e. The highest BCUT2D eigenvalue weighted by Crippen LogP contribution is 2.13. The molecule has 0 spiro atoms. The van der Waals surface area contributed by atoms with Gasteiger partial charge in [-0.15, -0.1) is 0 Å². The molecule has 2 heterocycles. The van der Waals surface area contributed by atoms with Crippen LogP contribution in [-0.4, -0.2) is 64.3 Å². The lowest BCUT2D eigenvalue weighted by Crippen LogP contribution is -2.53. The zero-order valence-corrected chi connectivity index (χ0v) is 13.4. The molecule has 1 amide bonds. The average molecular weight is 293 g/mol. The molecule has 1 saturated heterocycles. The molecular formula is C15H27N5O. The third-order valence-electron chi connectivity index (χ3n) is 4.37. The molecule has 0 aliphatic carbocycles. The van der Waals surface area contributed by atoms with Gasteiger partial charge in [0.05, 0.1) is 5.69 Å². The Morgan fingerprint density at radius 3 is 2.48 bits per heavy atom. The molecular weight excluding hydrogens is 266 g/mol. The number of nitrogens with zero attached hydrogens (tertiary/aromatic N) is 4. The van der Waals surface area contributed by atoms with Crippen molar-refractivity contribution in [2.24, 2.45) is 12.8 Å². The number of hydrogen-bond donors (Lipinski definition) is 1. The lowest BCUT2D eigenvalue weighted by Gasteiger charge is -2.38. The van der Waals surface area contributed by atoms with Crippen LogP contribution in [0.3, 0.4) is 0 Å². The zero-order chi connectivity index (χ0) is 15.4. The quantitative estimate of drug-likeness (QED) is 0.857. The van der Waals surface area contributed by atoms with Crippen molar-refractivity contribution in [3.63, 3.8) is 0 Å². The Kier molecular flexibility index (Phi) is 5.36. The Morgan fingerprint density at radius 1 is 1.33 bits per heavy atom. The van der Waals surface area contributed by atoms with Crippen molar-refractivity contribution in [2.45, 2.75) is 32.7 Å². The Bertz CT molecular complexity index is 472. The van der Waals surface area contributed by atoms with E-state index in [0.717, 1.165) is 44.7 Å². The van der Waals surface area contributed by atoms with Crippen LogP contribution < -0.4 is 5.73 Å². The van der Waals surface area contributed by atoms with Crippen LogP contribution in [0.25, 0.3) is 0 Å². The van der Waals surface area contributed by atoms with Gasteiger partial charge in [-0.05, 0) is 18.9 Å². The van der Waals surface area contributed by atoms with E-state index in [1.165, 1.54) is 0 Å². The predicted molar refractivity (Wildman–Crippen MR) is 83.2 cm³/mol. The number of aromatic nitrogens is 2. The molecule has 1 fully saturated rings. The van der Waals surface area contributed by atoms with Crippen molar-refractivity contribution in [1.29, 1.82) is 0 Å². The first-order chi connectivity index (χ1) is 10.1. The first-order valence-corrected chi connectivity index (χ1v) is 7.87. The van der Waals surface area contributed by atoms with Crippen LogP contribution in [0.2, 0.25) is 0 Å². The van der Waals surface area contributed by atoms with Gasteiger partial charge in [0.25, 0.3) is 5.91 Å². The topological polar surface area (TPSA) is 67.4 Å². The van der Waals surface area contributed by atoms with Crippen molar-refractivity contribution in [3.05, 3.63) is 17.5 Å². The van der Waals surface area contributed by atoms with Gasteiger partial charge in [-0.2, -0.15) is 5.10 Å². The fourth-order valence-electron chi connectivity index (χ4n) is 2.93. The number of hydrogen-bond acceptors (Lipinski definition) is 4. The third-order valence-corrected chi connectivity index (χ3v) is 4.37. The van der Waals surface area contributed by atoms with E-state index in [4.69, 9.17) is 5.73 Å². The summed E-state index contributed by atoms with van der Waals surface area (Å²) in [6.45, 7) is 8.24. The maximum atomic E-state index is 12.6. The van der Waals surface area contributed by atoms with Gasteiger partial charge in [0.15, 0.2) is 0 Å². The molecule has 2 N–H and O–H groups in total. The number of amides is 1. The Hall–Kier alpha value is -1.40. The van der Waals surface area contributed by atoms with Crippen LogP contribution in [0.15, 0.2) is 6.07 Å². The summed E-state index contributed by atoms with van der Waals surface area (Å²) < 4.78 is 1.70. The molecule has 1 aromatic rings. The second-order valence-corrected chi connectivity index (χ2v) is 5.62. The lowest BCUT2D eigenvalue weighted by atomic mass is 10.1. The number of aryl methyl sites for hydroxylation is 2. The molecule has 6 nitrogen and oxygen atoms in total. The molecule has 1 atom stereocenters. The maximum absolute atomic E-state index is 12.6. The summed E-state index contributed by atoms with van der Waals surface area (Å²) in [5.74, 6) is 0.0881. The minimum atomic E-state index is 0.0881. The van der Waals surface area contributed by atoms with Gasteiger partial charge in [0.2, 0.25) is 0 Å². The van der Waals surface area contributed by atoms with Crippen molar-refractivity contribution in [3.8, 4) is 0 Å². The molecule has 118 valence electrons. The van der Waals surface area contributed by atoms with Gasteiger partial charge in [-0.25, -0.2) is 0 Å². The molecule has 0 aromatic carbocycles. The highest BCUT2D eigenvalue weighted by atomic mass is 16.2. The van der Waals surface area contributed by atoms with Crippen LogP contribution in [0.5, 0.6) is 0 Å². The van der Waals surface area contributed by atoms with E-state index in [9.17, 15) is 4.79 Å². The summed E-state index contributed by atoms with van der Waals surface area (Å²) in [4.78, 5) is 16.9. The number of rotatable bonds is 5. The second-order valence-electron chi connectivity index (χ2n) is 5.62. The molecule has 0 radical (unpaired) electrons. The van der Waals surface area contributed by atoms with E-state index in [2.05, 4.69) is 16.9 Å². The molecule has 1 unspecified atom stereocenters. The normalized spacial score (nSPS) is 18.0. The van der Waals surface area contributed by atoms with E-state index in [1.54, 1.807) is 4.68 Å². The van der Waals surface area contributed by atoms with Gasteiger partial charge in [-0.1, -0.05) is 13.8 Å². The average Bonchev–Trinajstić information content (AvgIpc) is 2.89. The van der Waals surface area contributed by atoms with Crippen molar-refractivity contribution >= 4 is 5.91 Å². The molecule has 0 saturated carbocycles. The fraction of sp³-hybridized carbons (Fsp3) is 0.733. The SMILES string of the molecule is CCc1cc(C(=O)N2CCN(C(CC)CN)CC2)n(C)n1. The van der Waals surface area contributed by atoms with Gasteiger partial charge in [0.1, 0.15) is 5.69 Å². The van der Waals surface area contributed by atoms with E-state index < -0.39 is 0 Å². The molecule has 1 aliphatic heterocycles. The van der Waals surface area contributed by atoms with Crippen LogP contribution in [0.4, 0.5) is 0 Å². The first kappa shape index (κ1) is 16.0. The third kappa shape index (κ3) is 3.44. The minimum Gasteiger partial charge on any atom is -0.335 e. The van der Waals surface area contributed by atoms with E-state index in [0.29, 0.717) is 18.3 Å². The van der Waals surface area contributed by atoms with Crippen LogP contribution in [0.1, 0.15) is 36.5 Å². The summed E-state index contributed by atoms with van der Waals surface area (Å²) in [5, 5.41) is 4.36. The number of carbonyl (C=O) groups excluding carboxylic acids is 1. The lowest BCUT2D eigenvalue weighted by molar-refractivity contribution is 0.0561. The Morgan fingerprint density at radius 2 is 2.00 bits per heavy atom. The Labute approximate surface area is 126 Å². The smallest absolute Gasteiger partial charge is 0.272 e. The van der Waals surface area contributed by atoms with Crippen molar-refractivity contribution < 1.29 is 4.79 Å². The maximum Gasteiger partial charge on any atom is 0.272 e. The van der Waals surface area contributed by atoms with Gasteiger partial charge in [-0.3, -0.25) is 14.4 Å². The van der Waals surface area contributed by atoms with Gasteiger partial charge in [0, 0.05) is 45.8 Å². The van der Waals surface area contributed by atoms with Crippen LogP contribution in [0, 0.1) is 0 Å². The van der Waals surface area contributed by atoms with E-state index in [-0.39, 0.29) is 5.91 Å². The monoisotopic (exact) mass is 293 g/mol. The molecule has 21 heavy (non-hydrogen) atoms. The van der Waals surface area contributed by atoms with E-state index >= 15 is 0 Å². The summed E-state index contributed by atoms with van der Waals surface area (Å²) >= 11 is 0. The molecule has 1 aliphatic rings. The summed E-state index contributed by atoms with van der Waals surface area (Å²) in [5.41, 5.74) is 7.46. The van der Waals surface area contributed by atoms with Crippen molar-refractivity contribution in [2.75, 3.05) is 32.7 Å². The van der Waals surface area contributed by atoms with Crippen LogP contribution in [-0.2, 0) is 13.5 Å². The second kappa shape index (κ2) is 7.04. The predicted octanol–water partition coefficient (Wildman–Crippen LogP) is 0.478. The van der Waals surface area contributed by atoms with Gasteiger partial charge >= 0.3 is 0 Å². The standard InChI is InChI=1S/C15H27N5O/c1-4-12-10-14(18(3)17-12)15(21)20-8-6-19(7-9-20)13(5-2)11-16/h10,13H,4-9,11,16H2,1-3H3. The van der Waals surface area contributed by atoms with Crippen molar-refractivity contribution in [1.82, 2.24) is 19.6 Å². The Balaban J connectivity index is 1.98. The minimum absolute atomic E-state index is 0.0881. The van der Waals surface area contributed by atoms with E-state index in [1.807, 2.05) is 24.9 Å². The molecule has 6 heteroatoms. The number of piperazine rings is 1. The summed E-state index contributed by atoms with van der Waals surface area (Å²) in [6.07, 6.45) is 1.91.